The number of nitriles is 1. The minimum Gasteiger partial charge on any atom is -0.451 e. The number of esters is 1. The van der Waals surface area contributed by atoms with E-state index < -0.39 is 24.0 Å². The first-order chi connectivity index (χ1) is 14.3. The second kappa shape index (κ2) is 8.66. The highest BCUT2D eigenvalue weighted by Gasteiger charge is 2.39. The van der Waals surface area contributed by atoms with Crippen LogP contribution in [0.2, 0.25) is 0 Å². The molecule has 8 heteroatoms. The number of likely N-dealkylation sites (N-methyl/N-ethyl adjacent to an activating group) is 1. The van der Waals surface area contributed by atoms with Crippen LogP contribution >= 0.6 is 0 Å². The molecule has 0 saturated heterocycles. The third-order valence-corrected chi connectivity index (χ3v) is 5.74. The first-order valence-electron chi connectivity index (χ1n) is 10.2. The Morgan fingerprint density at radius 1 is 1.23 bits per heavy atom. The molecule has 1 heterocycles. The Bertz CT molecular complexity index is 1060. The van der Waals surface area contributed by atoms with Gasteiger partial charge in [0.1, 0.15) is 5.54 Å². The quantitative estimate of drug-likeness (QED) is 0.702. The van der Waals surface area contributed by atoms with E-state index in [0.29, 0.717) is 23.6 Å². The minimum atomic E-state index is -0.850. The van der Waals surface area contributed by atoms with Crippen molar-refractivity contribution in [3.63, 3.8) is 0 Å². The molecule has 0 N–H and O–H groups in total. The summed E-state index contributed by atoms with van der Waals surface area (Å²) in [6, 6.07) is 8.72. The standard InChI is InChI=1S/C22H26N4O4/c1-15(2)26-20(28)17-10-6-5-9-16(17)19(24-26)21(29)30-13-18(27)25(3)22(14-23)11-7-4-8-12-22/h5-6,9-10,15H,4,7-8,11-13H2,1-3H3. The van der Waals surface area contributed by atoms with E-state index in [2.05, 4.69) is 11.2 Å². The van der Waals surface area contributed by atoms with Gasteiger partial charge in [-0.3, -0.25) is 9.59 Å². The highest BCUT2D eigenvalue weighted by molar-refractivity contribution is 6.02. The van der Waals surface area contributed by atoms with Gasteiger partial charge < -0.3 is 9.64 Å². The molecule has 1 aromatic carbocycles. The lowest BCUT2D eigenvalue weighted by Crippen LogP contribution is -2.51. The molecule has 0 bridgehead atoms. The van der Waals surface area contributed by atoms with Crippen LogP contribution in [-0.2, 0) is 9.53 Å². The Labute approximate surface area is 175 Å². The van der Waals surface area contributed by atoms with Gasteiger partial charge in [0.25, 0.3) is 11.5 Å². The van der Waals surface area contributed by atoms with Crippen molar-refractivity contribution in [3.05, 3.63) is 40.3 Å². The minimum absolute atomic E-state index is 0.0120. The van der Waals surface area contributed by atoms with Gasteiger partial charge in [0, 0.05) is 12.4 Å². The third-order valence-electron chi connectivity index (χ3n) is 5.74. The second-order valence-electron chi connectivity index (χ2n) is 7.97. The topological polar surface area (TPSA) is 105 Å². The summed E-state index contributed by atoms with van der Waals surface area (Å²) in [5, 5.41) is 14.6. The Morgan fingerprint density at radius 2 is 1.87 bits per heavy atom. The van der Waals surface area contributed by atoms with Crippen LogP contribution in [0.15, 0.2) is 29.1 Å². The van der Waals surface area contributed by atoms with E-state index in [1.165, 1.54) is 9.58 Å². The van der Waals surface area contributed by atoms with Crippen LogP contribution in [-0.4, -0.2) is 45.8 Å². The average Bonchev–Trinajstić information content (AvgIpc) is 2.77. The van der Waals surface area contributed by atoms with Crippen molar-refractivity contribution in [3.8, 4) is 6.07 Å². The van der Waals surface area contributed by atoms with E-state index >= 15 is 0 Å². The second-order valence-corrected chi connectivity index (χ2v) is 7.97. The summed E-state index contributed by atoms with van der Waals surface area (Å²) in [5.41, 5.74) is -1.15. The summed E-state index contributed by atoms with van der Waals surface area (Å²) >= 11 is 0. The molecule has 0 unspecified atom stereocenters. The van der Waals surface area contributed by atoms with Crippen LogP contribution in [0.3, 0.4) is 0 Å². The summed E-state index contributed by atoms with van der Waals surface area (Å²) < 4.78 is 6.49. The van der Waals surface area contributed by atoms with Crippen molar-refractivity contribution < 1.29 is 14.3 Å². The summed E-state index contributed by atoms with van der Waals surface area (Å²) in [6.45, 7) is 3.10. The number of amides is 1. The number of hydrogen-bond acceptors (Lipinski definition) is 6. The molecule has 1 saturated carbocycles. The van der Waals surface area contributed by atoms with E-state index in [9.17, 15) is 19.6 Å². The summed E-state index contributed by atoms with van der Waals surface area (Å²) in [7, 11) is 1.58. The van der Waals surface area contributed by atoms with Crippen molar-refractivity contribution in [1.82, 2.24) is 14.7 Å². The molecule has 1 fully saturated rings. The van der Waals surface area contributed by atoms with E-state index in [-0.39, 0.29) is 17.3 Å². The molecule has 2 aromatic rings. The van der Waals surface area contributed by atoms with Crippen LogP contribution in [0.4, 0.5) is 0 Å². The first kappa shape index (κ1) is 21.5. The Morgan fingerprint density at radius 3 is 2.47 bits per heavy atom. The van der Waals surface area contributed by atoms with Crippen LogP contribution in [0.5, 0.6) is 0 Å². The SMILES string of the molecule is CC(C)n1nc(C(=O)OCC(=O)N(C)C2(C#N)CCCCC2)c2ccccc2c1=O. The molecule has 8 nitrogen and oxygen atoms in total. The van der Waals surface area contributed by atoms with Gasteiger partial charge in [-0.1, -0.05) is 37.5 Å². The Kier molecular flexibility index (Phi) is 6.20. The highest BCUT2D eigenvalue weighted by atomic mass is 16.5. The van der Waals surface area contributed by atoms with Crippen LogP contribution < -0.4 is 5.56 Å². The number of carbonyl (C=O) groups excluding carboxylic acids is 2. The van der Waals surface area contributed by atoms with Gasteiger partial charge in [-0.05, 0) is 32.8 Å². The average molecular weight is 410 g/mol. The van der Waals surface area contributed by atoms with Crippen LogP contribution in [0, 0.1) is 11.3 Å². The van der Waals surface area contributed by atoms with Gasteiger partial charge in [-0.2, -0.15) is 10.4 Å². The molecule has 0 atom stereocenters. The summed E-state index contributed by atoms with van der Waals surface area (Å²) in [4.78, 5) is 39.4. The molecule has 1 aliphatic rings. The molecule has 1 aliphatic carbocycles. The molecular formula is C22H26N4O4. The molecule has 1 aromatic heterocycles. The predicted molar refractivity (Wildman–Crippen MR) is 111 cm³/mol. The lowest BCUT2D eigenvalue weighted by molar-refractivity contribution is -0.138. The van der Waals surface area contributed by atoms with Gasteiger partial charge in [0.2, 0.25) is 0 Å². The van der Waals surface area contributed by atoms with E-state index in [1.54, 1.807) is 45.2 Å². The normalized spacial score (nSPS) is 15.6. The number of fused-ring (bicyclic) bond motifs is 1. The molecule has 30 heavy (non-hydrogen) atoms. The van der Waals surface area contributed by atoms with Gasteiger partial charge in [0.05, 0.1) is 17.5 Å². The highest BCUT2D eigenvalue weighted by Crippen LogP contribution is 2.32. The van der Waals surface area contributed by atoms with E-state index in [0.717, 1.165) is 19.3 Å². The van der Waals surface area contributed by atoms with Crippen molar-refractivity contribution in [2.75, 3.05) is 13.7 Å². The number of benzene rings is 1. The number of ether oxygens (including phenoxy) is 1. The predicted octanol–water partition coefficient (Wildman–Crippen LogP) is 2.82. The molecule has 158 valence electrons. The Balaban J connectivity index is 1.82. The Hall–Kier alpha value is -3.21. The molecule has 0 aliphatic heterocycles. The monoisotopic (exact) mass is 410 g/mol. The summed E-state index contributed by atoms with van der Waals surface area (Å²) in [5.74, 6) is -1.22. The summed E-state index contributed by atoms with van der Waals surface area (Å²) in [6.07, 6.45) is 4.05. The van der Waals surface area contributed by atoms with Crippen molar-refractivity contribution in [2.24, 2.45) is 0 Å². The van der Waals surface area contributed by atoms with Crippen molar-refractivity contribution >= 4 is 22.6 Å². The first-order valence-corrected chi connectivity index (χ1v) is 10.2. The maximum Gasteiger partial charge on any atom is 0.359 e. The lowest BCUT2D eigenvalue weighted by atomic mass is 9.81. The number of hydrogen-bond donors (Lipinski definition) is 0. The zero-order valence-corrected chi connectivity index (χ0v) is 17.6. The van der Waals surface area contributed by atoms with Gasteiger partial charge in [0.15, 0.2) is 12.3 Å². The van der Waals surface area contributed by atoms with Crippen LogP contribution in [0.1, 0.15) is 62.5 Å². The van der Waals surface area contributed by atoms with E-state index in [1.807, 2.05) is 0 Å². The zero-order valence-electron chi connectivity index (χ0n) is 17.6. The van der Waals surface area contributed by atoms with Crippen LogP contribution in [0.25, 0.3) is 10.8 Å². The maximum absolute atomic E-state index is 12.8. The molecule has 3 rings (SSSR count). The van der Waals surface area contributed by atoms with E-state index in [4.69, 9.17) is 4.74 Å². The number of rotatable bonds is 5. The molecule has 0 radical (unpaired) electrons. The fraction of sp³-hybridized carbons (Fsp3) is 0.500. The van der Waals surface area contributed by atoms with Gasteiger partial charge >= 0.3 is 5.97 Å². The van der Waals surface area contributed by atoms with Gasteiger partial charge in [-0.15, -0.1) is 0 Å². The molecule has 0 spiro atoms. The largest absolute Gasteiger partial charge is 0.451 e. The fourth-order valence-corrected chi connectivity index (χ4v) is 3.90. The zero-order chi connectivity index (χ0) is 21.9. The lowest BCUT2D eigenvalue weighted by Gasteiger charge is -2.38. The molecule has 1 amide bonds. The smallest absolute Gasteiger partial charge is 0.359 e. The van der Waals surface area contributed by atoms with Gasteiger partial charge in [-0.25, -0.2) is 9.48 Å². The number of aromatic nitrogens is 2. The maximum atomic E-state index is 12.8. The third kappa shape index (κ3) is 3.92. The molecular weight excluding hydrogens is 384 g/mol. The number of carbonyl (C=O) groups is 2. The number of nitrogens with zero attached hydrogens (tertiary/aromatic N) is 4. The van der Waals surface area contributed by atoms with Crippen molar-refractivity contribution in [2.45, 2.75) is 57.5 Å². The fourth-order valence-electron chi connectivity index (χ4n) is 3.90. The van der Waals surface area contributed by atoms with Crippen molar-refractivity contribution in [1.29, 1.82) is 5.26 Å².